The highest BCUT2D eigenvalue weighted by Crippen LogP contribution is 2.45. The summed E-state index contributed by atoms with van der Waals surface area (Å²) in [5.74, 6) is 6.51. The third-order valence-corrected chi connectivity index (χ3v) is 6.03. The van der Waals surface area contributed by atoms with E-state index in [2.05, 4.69) is 22.9 Å². The zero-order chi connectivity index (χ0) is 13.8. The van der Waals surface area contributed by atoms with Gasteiger partial charge in [-0.25, -0.2) is 0 Å². The van der Waals surface area contributed by atoms with E-state index in [1.807, 2.05) is 11.3 Å². The number of hydrogen-bond donors (Lipinski definition) is 2. The summed E-state index contributed by atoms with van der Waals surface area (Å²) in [6.07, 6.45) is 9.81. The average molecular weight is 294 g/mol. The molecule has 1 saturated carbocycles. The van der Waals surface area contributed by atoms with Crippen LogP contribution in [0.5, 0.6) is 0 Å². The van der Waals surface area contributed by atoms with Crippen LogP contribution in [0.1, 0.15) is 49.8 Å². The molecule has 0 bridgehead atoms. The molecule has 0 radical (unpaired) electrons. The zero-order valence-electron chi connectivity index (χ0n) is 12.1. The van der Waals surface area contributed by atoms with E-state index in [9.17, 15) is 0 Å². The van der Waals surface area contributed by atoms with Gasteiger partial charge >= 0.3 is 0 Å². The topological polar surface area (TPSA) is 47.3 Å². The first-order valence-corrected chi connectivity index (χ1v) is 8.82. The van der Waals surface area contributed by atoms with Crippen molar-refractivity contribution in [3.63, 3.8) is 0 Å². The largest absolute Gasteiger partial charge is 0.375 e. The summed E-state index contributed by atoms with van der Waals surface area (Å²) in [5.41, 5.74) is 3.31. The number of nitrogens with two attached hydrogens (primary N) is 1. The quantitative estimate of drug-likeness (QED) is 0.625. The molecule has 2 fully saturated rings. The molecule has 4 heteroatoms. The highest BCUT2D eigenvalue weighted by Gasteiger charge is 2.43. The standard InChI is InChI=1S/C16H26N2OS/c17-18-15(6-1-4-14-5-2-11-20-14)13-7-10-19-16(12-13)8-3-9-16/h2,5,11,13,15,18H,1,3-4,6-10,12,17H2. The minimum Gasteiger partial charge on any atom is -0.375 e. The summed E-state index contributed by atoms with van der Waals surface area (Å²) in [6, 6.07) is 4.82. The van der Waals surface area contributed by atoms with Crippen LogP contribution >= 0.6 is 11.3 Å². The van der Waals surface area contributed by atoms with Gasteiger partial charge in [-0.2, -0.15) is 0 Å². The molecule has 112 valence electrons. The highest BCUT2D eigenvalue weighted by atomic mass is 32.1. The van der Waals surface area contributed by atoms with Crippen molar-refractivity contribution in [1.29, 1.82) is 0 Å². The van der Waals surface area contributed by atoms with E-state index in [0.29, 0.717) is 12.0 Å². The molecule has 0 amide bonds. The van der Waals surface area contributed by atoms with Gasteiger partial charge < -0.3 is 4.74 Å². The number of thiophene rings is 1. The van der Waals surface area contributed by atoms with E-state index >= 15 is 0 Å². The van der Waals surface area contributed by atoms with Gasteiger partial charge in [0.15, 0.2) is 0 Å². The number of nitrogens with one attached hydrogen (secondary N) is 1. The van der Waals surface area contributed by atoms with Crippen LogP contribution in [0.4, 0.5) is 0 Å². The molecule has 1 aliphatic heterocycles. The Balaban J connectivity index is 1.48. The van der Waals surface area contributed by atoms with Crippen molar-refractivity contribution < 1.29 is 4.74 Å². The van der Waals surface area contributed by atoms with Gasteiger partial charge in [-0.1, -0.05) is 6.07 Å². The Morgan fingerprint density at radius 2 is 2.40 bits per heavy atom. The molecule has 1 saturated heterocycles. The second-order valence-electron chi connectivity index (χ2n) is 6.38. The van der Waals surface area contributed by atoms with Gasteiger partial charge in [0.1, 0.15) is 0 Å². The van der Waals surface area contributed by atoms with Crippen LogP contribution in [0.2, 0.25) is 0 Å². The smallest absolute Gasteiger partial charge is 0.0685 e. The lowest BCUT2D eigenvalue weighted by Crippen LogP contribution is -2.51. The van der Waals surface area contributed by atoms with Gasteiger partial charge in [0.25, 0.3) is 0 Å². The monoisotopic (exact) mass is 294 g/mol. The van der Waals surface area contributed by atoms with Crippen molar-refractivity contribution in [1.82, 2.24) is 5.43 Å². The van der Waals surface area contributed by atoms with Gasteiger partial charge in [0, 0.05) is 17.5 Å². The van der Waals surface area contributed by atoms with Gasteiger partial charge in [0.05, 0.1) is 5.60 Å². The lowest BCUT2D eigenvalue weighted by molar-refractivity contribution is -0.147. The zero-order valence-corrected chi connectivity index (χ0v) is 13.0. The molecule has 20 heavy (non-hydrogen) atoms. The molecule has 2 atom stereocenters. The maximum Gasteiger partial charge on any atom is 0.0685 e. The average Bonchev–Trinajstić information content (AvgIpc) is 2.95. The van der Waals surface area contributed by atoms with Gasteiger partial charge in [-0.05, 0) is 68.7 Å². The minimum atomic E-state index is 0.228. The Morgan fingerprint density at radius 1 is 1.50 bits per heavy atom. The van der Waals surface area contributed by atoms with E-state index in [0.717, 1.165) is 13.0 Å². The minimum absolute atomic E-state index is 0.228. The lowest BCUT2D eigenvalue weighted by Gasteiger charge is -2.48. The summed E-state index contributed by atoms with van der Waals surface area (Å²) in [4.78, 5) is 1.49. The molecular formula is C16H26N2OS. The molecule has 1 aromatic rings. The molecule has 2 heterocycles. The Morgan fingerprint density at radius 3 is 3.05 bits per heavy atom. The van der Waals surface area contributed by atoms with Crippen LogP contribution in [0.3, 0.4) is 0 Å². The van der Waals surface area contributed by atoms with E-state index in [1.54, 1.807) is 0 Å². The highest BCUT2D eigenvalue weighted by molar-refractivity contribution is 7.09. The van der Waals surface area contributed by atoms with Gasteiger partial charge in [-0.15, -0.1) is 11.3 Å². The summed E-state index contributed by atoms with van der Waals surface area (Å²) in [7, 11) is 0. The molecule has 2 aliphatic rings. The number of aryl methyl sites for hydroxylation is 1. The van der Waals surface area contributed by atoms with Crippen molar-refractivity contribution in [3.8, 4) is 0 Å². The van der Waals surface area contributed by atoms with Crippen LogP contribution in [0.15, 0.2) is 17.5 Å². The molecule has 3 N–H and O–H groups in total. The first-order valence-electron chi connectivity index (χ1n) is 7.94. The molecule has 3 nitrogen and oxygen atoms in total. The first kappa shape index (κ1) is 14.5. The van der Waals surface area contributed by atoms with E-state index < -0.39 is 0 Å². The predicted octanol–water partition coefficient (Wildman–Crippen LogP) is 3.25. The van der Waals surface area contributed by atoms with E-state index in [-0.39, 0.29) is 5.60 Å². The van der Waals surface area contributed by atoms with Gasteiger partial charge in [-0.3, -0.25) is 11.3 Å². The number of rotatable bonds is 6. The van der Waals surface area contributed by atoms with Crippen LogP contribution < -0.4 is 11.3 Å². The van der Waals surface area contributed by atoms with Crippen molar-refractivity contribution >= 4 is 11.3 Å². The third kappa shape index (κ3) is 3.25. The van der Waals surface area contributed by atoms with Crippen molar-refractivity contribution in [3.05, 3.63) is 22.4 Å². The number of hydrazine groups is 1. The summed E-state index contributed by atoms with van der Waals surface area (Å²) < 4.78 is 6.02. The Labute approximate surface area is 125 Å². The summed E-state index contributed by atoms with van der Waals surface area (Å²) in [6.45, 7) is 0.924. The van der Waals surface area contributed by atoms with E-state index in [1.165, 1.54) is 49.8 Å². The van der Waals surface area contributed by atoms with E-state index in [4.69, 9.17) is 10.6 Å². The molecule has 0 aromatic carbocycles. The fraction of sp³-hybridized carbons (Fsp3) is 0.750. The van der Waals surface area contributed by atoms with Crippen LogP contribution in [0, 0.1) is 5.92 Å². The van der Waals surface area contributed by atoms with Gasteiger partial charge in [0.2, 0.25) is 0 Å². The Kier molecular flexibility index (Phi) is 4.76. The molecule has 1 spiro atoms. The first-order chi connectivity index (χ1) is 9.81. The van der Waals surface area contributed by atoms with Crippen LogP contribution in [0.25, 0.3) is 0 Å². The molecule has 1 aliphatic carbocycles. The van der Waals surface area contributed by atoms with Crippen molar-refractivity contribution in [2.75, 3.05) is 6.61 Å². The molecule has 3 rings (SSSR count). The third-order valence-electron chi connectivity index (χ3n) is 5.10. The Hall–Kier alpha value is -0.420. The second-order valence-corrected chi connectivity index (χ2v) is 7.41. The van der Waals surface area contributed by atoms with Crippen molar-refractivity contribution in [2.24, 2.45) is 11.8 Å². The van der Waals surface area contributed by atoms with Crippen LogP contribution in [-0.2, 0) is 11.2 Å². The Bertz CT molecular complexity index is 403. The fourth-order valence-corrected chi connectivity index (χ4v) is 4.49. The van der Waals surface area contributed by atoms with Crippen LogP contribution in [-0.4, -0.2) is 18.2 Å². The lowest BCUT2D eigenvalue weighted by atomic mass is 9.70. The number of hydrogen-bond acceptors (Lipinski definition) is 4. The fourth-order valence-electron chi connectivity index (χ4n) is 3.73. The predicted molar refractivity (Wildman–Crippen MR) is 83.6 cm³/mol. The maximum atomic E-state index is 6.02. The molecule has 1 aromatic heterocycles. The summed E-state index contributed by atoms with van der Waals surface area (Å²) in [5, 5.41) is 2.16. The normalized spacial score (nSPS) is 26.4. The summed E-state index contributed by atoms with van der Waals surface area (Å²) >= 11 is 1.86. The van der Waals surface area contributed by atoms with Crippen molar-refractivity contribution in [2.45, 2.75) is 63.0 Å². The maximum absolute atomic E-state index is 6.02. The SMILES string of the molecule is NNC(CCCc1cccs1)C1CCOC2(CCC2)C1. The number of ether oxygens (including phenoxy) is 1. The molecular weight excluding hydrogens is 268 g/mol. The second kappa shape index (κ2) is 6.56. The molecule has 2 unspecified atom stereocenters.